The van der Waals surface area contributed by atoms with Crippen LogP contribution in [0, 0.1) is 6.92 Å². The van der Waals surface area contributed by atoms with Gasteiger partial charge in [0.1, 0.15) is 0 Å². The number of nitrogens with zero attached hydrogens (tertiary/aromatic N) is 3. The third kappa shape index (κ3) is 3.49. The Morgan fingerprint density at radius 3 is 2.67 bits per heavy atom. The minimum absolute atomic E-state index is 0.0233. The van der Waals surface area contributed by atoms with E-state index in [0.717, 1.165) is 5.69 Å². The number of hydrogen-bond acceptors (Lipinski definition) is 6. The Hall–Kier alpha value is -1.71. The van der Waals surface area contributed by atoms with Crippen LogP contribution >= 0.6 is 0 Å². The predicted molar refractivity (Wildman–Crippen MR) is 75.8 cm³/mol. The summed E-state index contributed by atoms with van der Waals surface area (Å²) in [7, 11) is -3.64. The molecule has 0 aliphatic carbocycles. The number of aryl methyl sites for hydroxylation is 1. The summed E-state index contributed by atoms with van der Waals surface area (Å²) in [5.74, 6) is 0.680. The highest BCUT2D eigenvalue weighted by Gasteiger charge is 2.19. The van der Waals surface area contributed by atoms with E-state index in [2.05, 4.69) is 14.9 Å². The molecular formula is C12H19N5O3S. The number of rotatable bonds is 6. The molecule has 0 saturated carbocycles. The summed E-state index contributed by atoms with van der Waals surface area (Å²) in [4.78, 5) is 4.12. The molecule has 0 atom stereocenters. The first-order valence-corrected chi connectivity index (χ1v) is 8.01. The second-order valence-corrected chi connectivity index (χ2v) is 6.69. The molecule has 21 heavy (non-hydrogen) atoms. The summed E-state index contributed by atoms with van der Waals surface area (Å²) < 4.78 is 33.6. The third-order valence-electron chi connectivity index (χ3n) is 2.97. The van der Waals surface area contributed by atoms with Crippen molar-refractivity contribution in [3.05, 3.63) is 29.7 Å². The second kappa shape index (κ2) is 5.96. The van der Waals surface area contributed by atoms with Gasteiger partial charge in [-0.25, -0.2) is 13.1 Å². The number of aromatic nitrogens is 3. The maximum Gasteiger partial charge on any atom is 0.242 e. The van der Waals surface area contributed by atoms with Gasteiger partial charge in [-0.3, -0.25) is 0 Å². The maximum absolute atomic E-state index is 12.3. The molecule has 0 spiro atoms. The first-order chi connectivity index (χ1) is 9.83. The van der Waals surface area contributed by atoms with E-state index in [1.807, 2.05) is 18.4 Å². The van der Waals surface area contributed by atoms with E-state index >= 15 is 0 Å². The second-order valence-electron chi connectivity index (χ2n) is 4.93. The van der Waals surface area contributed by atoms with Gasteiger partial charge in [-0.1, -0.05) is 5.16 Å². The summed E-state index contributed by atoms with van der Waals surface area (Å²) in [5, 5.41) is 3.64. The molecule has 0 bridgehead atoms. The highest BCUT2D eigenvalue weighted by atomic mass is 32.2. The number of sulfonamides is 1. The lowest BCUT2D eigenvalue weighted by molar-refractivity contribution is 0.387. The van der Waals surface area contributed by atoms with Crippen LogP contribution in [0.1, 0.15) is 37.3 Å². The van der Waals surface area contributed by atoms with Crippen molar-refractivity contribution in [3.63, 3.8) is 0 Å². The molecule has 0 unspecified atom stereocenters. The fourth-order valence-corrected chi connectivity index (χ4v) is 2.97. The molecule has 9 heteroatoms. The highest BCUT2D eigenvalue weighted by molar-refractivity contribution is 7.89. The molecule has 116 valence electrons. The van der Waals surface area contributed by atoms with E-state index in [-0.39, 0.29) is 24.0 Å². The normalized spacial score (nSPS) is 12.2. The molecule has 2 aromatic rings. The monoisotopic (exact) mass is 313 g/mol. The van der Waals surface area contributed by atoms with E-state index in [9.17, 15) is 8.42 Å². The van der Waals surface area contributed by atoms with Crippen LogP contribution in [0.15, 0.2) is 21.7 Å². The van der Waals surface area contributed by atoms with Crippen molar-refractivity contribution in [2.24, 2.45) is 5.73 Å². The van der Waals surface area contributed by atoms with Crippen molar-refractivity contribution in [2.45, 2.75) is 44.8 Å². The molecule has 2 aromatic heterocycles. The third-order valence-corrected chi connectivity index (χ3v) is 4.34. The van der Waals surface area contributed by atoms with Gasteiger partial charge < -0.3 is 14.8 Å². The van der Waals surface area contributed by atoms with E-state index in [1.54, 1.807) is 19.2 Å². The molecule has 0 amide bonds. The summed E-state index contributed by atoms with van der Waals surface area (Å²) in [6.07, 6.45) is 1.58. The molecule has 2 heterocycles. The Labute approximate surface area is 123 Å². The van der Waals surface area contributed by atoms with Crippen molar-refractivity contribution in [2.75, 3.05) is 0 Å². The zero-order chi connectivity index (χ0) is 15.6. The zero-order valence-corrected chi connectivity index (χ0v) is 13.0. The molecule has 0 aromatic carbocycles. The Morgan fingerprint density at radius 1 is 1.48 bits per heavy atom. The Kier molecular flexibility index (Phi) is 4.45. The van der Waals surface area contributed by atoms with Crippen LogP contribution in [-0.2, 0) is 23.1 Å². The smallest absolute Gasteiger partial charge is 0.242 e. The van der Waals surface area contributed by atoms with Gasteiger partial charge in [-0.05, 0) is 19.9 Å². The topological polar surface area (TPSA) is 116 Å². The van der Waals surface area contributed by atoms with Gasteiger partial charge in [0.2, 0.25) is 15.9 Å². The van der Waals surface area contributed by atoms with Crippen molar-refractivity contribution < 1.29 is 12.9 Å². The molecule has 8 nitrogen and oxygen atoms in total. The lowest BCUT2D eigenvalue weighted by atomic mass is 10.3. The van der Waals surface area contributed by atoms with Gasteiger partial charge in [0.25, 0.3) is 0 Å². The van der Waals surface area contributed by atoms with Crippen LogP contribution in [0.4, 0.5) is 0 Å². The van der Waals surface area contributed by atoms with Crippen LogP contribution in [0.3, 0.4) is 0 Å². The fourth-order valence-electron chi connectivity index (χ4n) is 1.94. The first kappa shape index (κ1) is 15.7. The first-order valence-electron chi connectivity index (χ1n) is 6.53. The SMILES string of the molecule is Cc1nc(CNS(=O)(=O)c2cc(CN)n(C(C)C)c2)no1. The molecule has 0 saturated heterocycles. The number of nitrogens with one attached hydrogen (secondary N) is 1. The van der Waals surface area contributed by atoms with Crippen molar-refractivity contribution >= 4 is 10.0 Å². The minimum atomic E-state index is -3.64. The van der Waals surface area contributed by atoms with Gasteiger partial charge in [-0.15, -0.1) is 0 Å². The van der Waals surface area contributed by atoms with Crippen molar-refractivity contribution in [1.82, 2.24) is 19.4 Å². The number of hydrogen-bond donors (Lipinski definition) is 2. The average Bonchev–Trinajstić information content (AvgIpc) is 3.02. The molecule has 2 rings (SSSR count). The standard InChI is InChI=1S/C12H19N5O3S/c1-8(2)17-7-11(4-10(17)5-13)21(18,19)14-6-12-15-9(3)20-16-12/h4,7-8,14H,5-6,13H2,1-3H3. The van der Waals surface area contributed by atoms with Gasteiger partial charge in [0.05, 0.1) is 11.4 Å². The van der Waals surface area contributed by atoms with Gasteiger partial charge in [0.15, 0.2) is 5.82 Å². The van der Waals surface area contributed by atoms with Crippen LogP contribution in [0.25, 0.3) is 0 Å². The fraction of sp³-hybridized carbons (Fsp3) is 0.500. The van der Waals surface area contributed by atoms with Gasteiger partial charge in [-0.2, -0.15) is 4.98 Å². The largest absolute Gasteiger partial charge is 0.346 e. The summed E-state index contributed by atoms with van der Waals surface area (Å²) in [5.41, 5.74) is 6.41. The predicted octanol–water partition coefficient (Wildman–Crippen LogP) is 0.698. The Bertz CT molecular complexity index is 717. The van der Waals surface area contributed by atoms with Gasteiger partial charge in [0, 0.05) is 31.4 Å². The van der Waals surface area contributed by atoms with Gasteiger partial charge >= 0.3 is 0 Å². The molecule has 0 aliphatic heterocycles. The maximum atomic E-state index is 12.3. The zero-order valence-electron chi connectivity index (χ0n) is 12.2. The van der Waals surface area contributed by atoms with Crippen molar-refractivity contribution in [1.29, 1.82) is 0 Å². The lowest BCUT2D eigenvalue weighted by Gasteiger charge is -2.10. The van der Waals surface area contributed by atoms with Crippen LogP contribution < -0.4 is 10.5 Å². The van der Waals surface area contributed by atoms with E-state index in [0.29, 0.717) is 11.7 Å². The van der Waals surface area contributed by atoms with Crippen LogP contribution in [0.2, 0.25) is 0 Å². The molecule has 0 radical (unpaired) electrons. The summed E-state index contributed by atoms with van der Waals surface area (Å²) in [6.45, 7) is 5.82. The number of nitrogens with two attached hydrogens (primary N) is 1. The van der Waals surface area contributed by atoms with E-state index in [1.165, 1.54) is 0 Å². The molecule has 0 fully saturated rings. The molecule has 3 N–H and O–H groups in total. The van der Waals surface area contributed by atoms with E-state index in [4.69, 9.17) is 10.3 Å². The average molecular weight is 313 g/mol. The Morgan fingerprint density at radius 2 is 2.19 bits per heavy atom. The Balaban J connectivity index is 2.19. The highest BCUT2D eigenvalue weighted by Crippen LogP contribution is 2.18. The minimum Gasteiger partial charge on any atom is -0.346 e. The molecule has 0 aliphatic rings. The summed E-state index contributed by atoms with van der Waals surface area (Å²) in [6, 6.07) is 1.71. The molecular weight excluding hydrogens is 294 g/mol. The lowest BCUT2D eigenvalue weighted by Crippen LogP contribution is -2.23. The van der Waals surface area contributed by atoms with E-state index < -0.39 is 10.0 Å². The quantitative estimate of drug-likeness (QED) is 0.811. The summed E-state index contributed by atoms with van der Waals surface area (Å²) >= 11 is 0. The van der Waals surface area contributed by atoms with Crippen LogP contribution in [-0.4, -0.2) is 23.1 Å². The van der Waals surface area contributed by atoms with Crippen LogP contribution in [0.5, 0.6) is 0 Å². The van der Waals surface area contributed by atoms with Crippen molar-refractivity contribution in [3.8, 4) is 0 Å².